The fourth-order valence-corrected chi connectivity index (χ4v) is 9.46. The first-order valence-electron chi connectivity index (χ1n) is 21.8. The van der Waals surface area contributed by atoms with Gasteiger partial charge in [0.1, 0.15) is 19.8 Å². The number of allylic oxidation sites excluding steroid dienone is 4. The molecule has 0 spiro atoms. The molecule has 7 heteroatoms. The summed E-state index contributed by atoms with van der Waals surface area (Å²) in [6.45, 7) is 9.86. The summed E-state index contributed by atoms with van der Waals surface area (Å²) < 4.78 is 17.1. The summed E-state index contributed by atoms with van der Waals surface area (Å²) in [5.74, 6) is 1.36. The minimum absolute atomic E-state index is 0.0926. The van der Waals surface area contributed by atoms with Crippen molar-refractivity contribution in [2.75, 3.05) is 39.5 Å². The van der Waals surface area contributed by atoms with Crippen LogP contribution in [-0.2, 0) is 28.6 Å². The second-order valence-electron chi connectivity index (χ2n) is 16.8. The van der Waals surface area contributed by atoms with Crippen molar-refractivity contribution < 1.29 is 28.6 Å². The van der Waals surface area contributed by atoms with Crippen LogP contribution >= 0.6 is 0 Å². The smallest absolute Gasteiger partial charge is 0.306 e. The maximum atomic E-state index is 13.1. The summed E-state index contributed by atoms with van der Waals surface area (Å²) >= 11 is 0. The van der Waals surface area contributed by atoms with E-state index < -0.39 is 0 Å². The first kappa shape index (κ1) is 44.2. The van der Waals surface area contributed by atoms with Gasteiger partial charge in [-0.3, -0.25) is 14.4 Å². The van der Waals surface area contributed by atoms with E-state index in [2.05, 4.69) is 50.0 Å². The molecule has 4 rings (SSSR count). The van der Waals surface area contributed by atoms with Gasteiger partial charge in [0.2, 0.25) is 0 Å². The molecular weight excluding hydrogens is 650 g/mol. The van der Waals surface area contributed by atoms with Crippen molar-refractivity contribution in [2.24, 2.45) is 29.1 Å². The number of nitrogens with zero attached hydrogens (tertiary/aromatic N) is 1. The Bertz CT molecular complexity index is 1010. The highest BCUT2D eigenvalue weighted by Gasteiger charge is 2.51. The van der Waals surface area contributed by atoms with Gasteiger partial charge in [-0.05, 0) is 139 Å². The fourth-order valence-electron chi connectivity index (χ4n) is 9.46. The van der Waals surface area contributed by atoms with Crippen LogP contribution in [0.2, 0.25) is 0 Å². The molecule has 0 aliphatic heterocycles. The molecule has 0 heterocycles. The van der Waals surface area contributed by atoms with E-state index in [4.69, 9.17) is 14.2 Å². The third-order valence-corrected chi connectivity index (χ3v) is 11.6. The summed E-state index contributed by atoms with van der Waals surface area (Å²) in [5, 5.41) is 0. The second-order valence-corrected chi connectivity index (χ2v) is 16.8. The third kappa shape index (κ3) is 18.7. The van der Waals surface area contributed by atoms with Crippen LogP contribution in [0.5, 0.6) is 0 Å². The van der Waals surface area contributed by atoms with Crippen LogP contribution in [0.25, 0.3) is 0 Å². The Morgan fingerprint density at radius 2 is 1.06 bits per heavy atom. The van der Waals surface area contributed by atoms with E-state index in [0.717, 1.165) is 108 Å². The lowest BCUT2D eigenvalue weighted by Gasteiger charge is -2.56. The number of hydrogen-bond acceptors (Lipinski definition) is 7. The molecule has 1 atom stereocenters. The number of carbonyl (C=O) groups excluding carboxylic acids is 3. The third-order valence-electron chi connectivity index (χ3n) is 11.6. The summed E-state index contributed by atoms with van der Waals surface area (Å²) in [6, 6.07) is 0. The van der Waals surface area contributed by atoms with Gasteiger partial charge in [-0.25, -0.2) is 0 Å². The van der Waals surface area contributed by atoms with Crippen molar-refractivity contribution in [2.45, 2.75) is 175 Å². The van der Waals surface area contributed by atoms with Crippen molar-refractivity contribution in [1.29, 1.82) is 0 Å². The highest BCUT2D eigenvalue weighted by molar-refractivity contribution is 5.71. The summed E-state index contributed by atoms with van der Waals surface area (Å²) in [4.78, 5) is 40.8. The van der Waals surface area contributed by atoms with Crippen LogP contribution < -0.4 is 0 Å². The standard InChI is InChI=1S/C45H77NO6/c1-4-7-8-9-10-11-12-13-14-15-16-17-18-19-20-21-23-42(47)50-35-41(36-51-43(48)24-22-27-46(25-5-2)26-6-3)37-52-44(49)34-45-31-38-28-39(32-45)30-40(29-38)33-45/h10-11,13-14,38-41H,4-9,12,15-37H2,1-3H3/b11-10-,14-13-. The lowest BCUT2D eigenvalue weighted by Crippen LogP contribution is -2.47. The van der Waals surface area contributed by atoms with E-state index >= 15 is 0 Å². The van der Waals surface area contributed by atoms with Gasteiger partial charge < -0.3 is 19.1 Å². The molecule has 0 N–H and O–H groups in total. The van der Waals surface area contributed by atoms with Crippen LogP contribution in [0, 0.1) is 29.1 Å². The van der Waals surface area contributed by atoms with E-state index in [0.29, 0.717) is 19.3 Å². The van der Waals surface area contributed by atoms with Crippen molar-refractivity contribution >= 4 is 17.9 Å². The largest absolute Gasteiger partial charge is 0.465 e. The highest BCUT2D eigenvalue weighted by atomic mass is 16.6. The minimum Gasteiger partial charge on any atom is -0.465 e. The number of ether oxygens (including phenoxy) is 3. The number of carbonyl (C=O) groups is 3. The first-order chi connectivity index (χ1) is 25.3. The van der Waals surface area contributed by atoms with Gasteiger partial charge in [-0.1, -0.05) is 83.6 Å². The second kappa shape index (κ2) is 26.6. The van der Waals surface area contributed by atoms with Gasteiger partial charge in [0.05, 0.1) is 12.3 Å². The fraction of sp³-hybridized carbons (Fsp3) is 0.844. The van der Waals surface area contributed by atoms with Gasteiger partial charge in [0, 0.05) is 12.8 Å². The molecule has 298 valence electrons. The topological polar surface area (TPSA) is 82.1 Å². The van der Waals surface area contributed by atoms with E-state index in [-0.39, 0.29) is 49.1 Å². The Hall–Kier alpha value is -2.15. The lowest BCUT2D eigenvalue weighted by molar-refractivity contribution is -0.157. The maximum absolute atomic E-state index is 13.1. The Kier molecular flexibility index (Phi) is 22.6. The molecule has 4 fully saturated rings. The van der Waals surface area contributed by atoms with E-state index in [1.165, 1.54) is 64.2 Å². The van der Waals surface area contributed by atoms with Crippen molar-refractivity contribution in [3.63, 3.8) is 0 Å². The van der Waals surface area contributed by atoms with Crippen molar-refractivity contribution in [3.8, 4) is 0 Å². The predicted molar refractivity (Wildman–Crippen MR) is 212 cm³/mol. The van der Waals surface area contributed by atoms with E-state index in [1.54, 1.807) is 0 Å². The molecule has 4 aliphatic carbocycles. The number of esters is 3. The van der Waals surface area contributed by atoms with Gasteiger partial charge in [0.25, 0.3) is 0 Å². The summed E-state index contributed by atoms with van der Waals surface area (Å²) in [5.41, 5.74) is 0.117. The molecule has 0 aromatic carbocycles. The zero-order valence-electron chi connectivity index (χ0n) is 33.7. The normalized spacial score (nSPS) is 22.8. The van der Waals surface area contributed by atoms with Crippen LogP contribution in [0.3, 0.4) is 0 Å². The van der Waals surface area contributed by atoms with E-state index in [9.17, 15) is 14.4 Å². The van der Waals surface area contributed by atoms with E-state index in [1.807, 2.05) is 0 Å². The maximum Gasteiger partial charge on any atom is 0.306 e. The monoisotopic (exact) mass is 728 g/mol. The first-order valence-corrected chi connectivity index (χ1v) is 21.8. The molecule has 0 saturated heterocycles. The zero-order chi connectivity index (χ0) is 37.3. The number of rotatable bonds is 31. The quantitative estimate of drug-likeness (QED) is 0.0304. The molecule has 0 amide bonds. The molecular formula is C45H77NO6. The number of hydrogen-bond donors (Lipinski definition) is 0. The zero-order valence-corrected chi connectivity index (χ0v) is 33.7. The molecule has 52 heavy (non-hydrogen) atoms. The molecule has 4 bridgehead atoms. The SMILES string of the molecule is CCCCC/C=C\C/C=C\CCCCCCCCC(=O)OCC(COC(=O)CCCN(CCC)CCC)COC(=O)CC12CC3CC(CC(C3)C1)C2. The molecule has 4 saturated carbocycles. The Morgan fingerprint density at radius 3 is 1.60 bits per heavy atom. The predicted octanol–water partition coefficient (Wildman–Crippen LogP) is 10.9. The Labute approximate surface area is 318 Å². The Morgan fingerprint density at radius 1 is 0.577 bits per heavy atom. The minimum atomic E-state index is -0.360. The molecule has 4 aliphatic rings. The van der Waals surface area contributed by atoms with Gasteiger partial charge in [-0.2, -0.15) is 0 Å². The van der Waals surface area contributed by atoms with Gasteiger partial charge >= 0.3 is 17.9 Å². The average molecular weight is 728 g/mol. The van der Waals surface area contributed by atoms with Crippen molar-refractivity contribution in [3.05, 3.63) is 24.3 Å². The lowest BCUT2D eigenvalue weighted by atomic mass is 9.49. The molecule has 1 unspecified atom stereocenters. The van der Waals surface area contributed by atoms with Gasteiger partial charge in [0.15, 0.2) is 0 Å². The van der Waals surface area contributed by atoms with Crippen molar-refractivity contribution in [1.82, 2.24) is 4.90 Å². The highest BCUT2D eigenvalue weighted by Crippen LogP contribution is 2.61. The van der Waals surface area contributed by atoms with Crippen LogP contribution in [0.15, 0.2) is 24.3 Å². The Balaban J connectivity index is 1.31. The van der Waals surface area contributed by atoms with Crippen LogP contribution in [0.1, 0.15) is 175 Å². The van der Waals surface area contributed by atoms with Gasteiger partial charge in [-0.15, -0.1) is 0 Å². The van der Waals surface area contributed by atoms with Crippen LogP contribution in [-0.4, -0.2) is 62.3 Å². The summed E-state index contributed by atoms with van der Waals surface area (Å²) in [6.07, 6.45) is 34.8. The molecule has 0 aromatic heterocycles. The molecule has 0 radical (unpaired) electrons. The average Bonchev–Trinajstić information content (AvgIpc) is 3.10. The molecule has 7 nitrogen and oxygen atoms in total. The summed E-state index contributed by atoms with van der Waals surface area (Å²) in [7, 11) is 0. The van der Waals surface area contributed by atoms with Crippen LogP contribution in [0.4, 0.5) is 0 Å². The molecule has 0 aromatic rings. The number of unbranched alkanes of at least 4 members (excludes halogenated alkanes) is 9.